The van der Waals surface area contributed by atoms with Crippen LogP contribution >= 0.6 is 0 Å². The lowest BCUT2D eigenvalue weighted by molar-refractivity contribution is -0.107. The Morgan fingerprint density at radius 3 is 1.40 bits per heavy atom. The van der Waals surface area contributed by atoms with Crippen molar-refractivity contribution < 1.29 is 9.59 Å². The summed E-state index contributed by atoms with van der Waals surface area (Å²) in [4.78, 5) is 17.2. The van der Waals surface area contributed by atoms with E-state index in [2.05, 4.69) is 38.1 Å². The number of carbonyl (C=O) groups is 2. The number of rotatable bonds is 1. The fraction of sp³-hybridized carbons (Fsp3) is 0.385. The summed E-state index contributed by atoms with van der Waals surface area (Å²) in [5, 5.41) is 0. The van der Waals surface area contributed by atoms with Crippen LogP contribution in [0.2, 0.25) is 0 Å². The van der Waals surface area contributed by atoms with Crippen molar-refractivity contribution in [3.05, 3.63) is 35.4 Å². The fourth-order valence-electron chi connectivity index (χ4n) is 0.637. The van der Waals surface area contributed by atoms with Gasteiger partial charge in [-0.3, -0.25) is 0 Å². The van der Waals surface area contributed by atoms with Crippen molar-refractivity contribution in [3.8, 4) is 0 Å². The molecule has 2 nitrogen and oxygen atoms in total. The van der Waals surface area contributed by atoms with E-state index in [-0.39, 0.29) is 7.43 Å². The van der Waals surface area contributed by atoms with Gasteiger partial charge in [0.15, 0.2) is 0 Å². The quantitative estimate of drug-likeness (QED) is 0.666. The van der Waals surface area contributed by atoms with Crippen molar-refractivity contribution in [3.63, 3.8) is 0 Å². The van der Waals surface area contributed by atoms with Crippen molar-refractivity contribution in [2.45, 2.75) is 34.6 Å². The largest absolute Gasteiger partial charge is 0.307 e. The van der Waals surface area contributed by atoms with Crippen molar-refractivity contribution >= 4 is 13.1 Å². The molecule has 0 aliphatic carbocycles. The van der Waals surface area contributed by atoms with Crippen LogP contribution in [0.25, 0.3) is 0 Å². The second kappa shape index (κ2) is 15.1. The van der Waals surface area contributed by atoms with Crippen molar-refractivity contribution in [1.82, 2.24) is 0 Å². The van der Waals surface area contributed by atoms with Gasteiger partial charge < -0.3 is 9.59 Å². The molecular formula is C13H22O2. The zero-order valence-electron chi connectivity index (χ0n) is 9.12. The molecule has 0 saturated heterocycles. The molecule has 0 fully saturated rings. The molecule has 0 spiro atoms. The molecule has 0 aliphatic rings. The third kappa shape index (κ3) is 15.3. The zero-order valence-corrected chi connectivity index (χ0v) is 9.12. The number of benzene rings is 1. The Morgan fingerprint density at radius 1 is 1.07 bits per heavy atom. The zero-order chi connectivity index (χ0) is 11.4. The molecule has 1 aromatic rings. The van der Waals surface area contributed by atoms with E-state index in [0.29, 0.717) is 6.42 Å². The molecule has 1 rings (SSSR count). The van der Waals surface area contributed by atoms with Gasteiger partial charge in [0.2, 0.25) is 0 Å². The minimum absolute atomic E-state index is 0. The number of hydrogen-bond acceptors (Lipinski definition) is 2. The van der Waals surface area contributed by atoms with Crippen LogP contribution in [0, 0.1) is 13.8 Å². The summed E-state index contributed by atoms with van der Waals surface area (Å²) in [5.74, 6) is 0. The smallest absolute Gasteiger partial charge is 0.119 e. The molecule has 0 amide bonds. The molecule has 0 aliphatic heterocycles. The average molecular weight is 210 g/mol. The van der Waals surface area contributed by atoms with Crippen LogP contribution in [0.3, 0.4) is 0 Å². The van der Waals surface area contributed by atoms with E-state index >= 15 is 0 Å². The van der Waals surface area contributed by atoms with Gasteiger partial charge in [0.05, 0.1) is 0 Å². The normalized spacial score (nSPS) is 6.87. The van der Waals surface area contributed by atoms with E-state index in [0.717, 1.165) is 6.29 Å². The lowest BCUT2D eigenvalue weighted by Gasteiger charge is -1.90. The van der Waals surface area contributed by atoms with E-state index in [1.807, 2.05) is 13.7 Å². The molecule has 0 N–H and O–H groups in total. The summed E-state index contributed by atoms with van der Waals surface area (Å²) < 4.78 is 0. The summed E-state index contributed by atoms with van der Waals surface area (Å²) in [5.41, 5.74) is 2.66. The van der Waals surface area contributed by atoms with Crippen LogP contribution in [0.15, 0.2) is 24.3 Å². The summed E-state index contributed by atoms with van der Waals surface area (Å²) in [6.45, 7) is 8.01. The second-order valence-electron chi connectivity index (χ2n) is 2.73. The lowest BCUT2D eigenvalue weighted by Crippen LogP contribution is -1.70. The molecule has 0 aromatic heterocycles. The van der Waals surface area contributed by atoms with E-state index in [9.17, 15) is 4.79 Å². The molecule has 0 saturated carbocycles. The Morgan fingerprint density at radius 2 is 1.27 bits per heavy atom. The predicted octanol–water partition coefficient (Wildman–Crippen LogP) is 3.35. The maximum absolute atomic E-state index is 9.17. The fourth-order valence-corrected chi connectivity index (χ4v) is 0.637. The number of carbonyl (C=O) groups excluding carboxylic acids is 2. The van der Waals surface area contributed by atoms with Crippen LogP contribution in [-0.2, 0) is 9.59 Å². The van der Waals surface area contributed by atoms with Gasteiger partial charge >= 0.3 is 0 Å². The van der Waals surface area contributed by atoms with E-state index < -0.39 is 0 Å². The molecule has 2 heteroatoms. The summed E-state index contributed by atoms with van der Waals surface area (Å²) in [7, 11) is 0. The predicted molar refractivity (Wildman–Crippen MR) is 66.1 cm³/mol. The third-order valence-electron chi connectivity index (χ3n) is 1.38. The molecule has 0 atom stereocenters. The third-order valence-corrected chi connectivity index (χ3v) is 1.38. The second-order valence-corrected chi connectivity index (χ2v) is 2.73. The summed E-state index contributed by atoms with van der Waals surface area (Å²) in [6, 6.07) is 8.48. The first kappa shape index (κ1) is 19.2. The first-order chi connectivity index (χ1) is 6.70. The molecule has 15 heavy (non-hydrogen) atoms. The number of aldehydes is 1. The SMILES string of the molecule is C.C=O.CCC=O.Cc1ccc(C)cc1. The molecule has 0 radical (unpaired) electrons. The number of aryl methyl sites for hydroxylation is 2. The van der Waals surface area contributed by atoms with Crippen molar-refractivity contribution in [2.24, 2.45) is 0 Å². The Kier molecular flexibility index (Phi) is 19.2. The number of hydrogen-bond donors (Lipinski definition) is 0. The Labute approximate surface area is 93.3 Å². The van der Waals surface area contributed by atoms with Gasteiger partial charge in [0, 0.05) is 6.42 Å². The minimum Gasteiger partial charge on any atom is -0.307 e. The minimum atomic E-state index is 0. The molecule has 0 heterocycles. The molecule has 1 aromatic carbocycles. The molecule has 86 valence electrons. The standard InChI is InChI=1S/C8H10.C3H6O.CH2O.CH4/c1-7-3-5-8(2)6-4-7;1-2-3-4;1-2;/h3-6H,1-2H3;3H,2H2,1H3;1H2;1H4. The Hall–Kier alpha value is -1.44. The van der Waals surface area contributed by atoms with Gasteiger partial charge in [-0.2, -0.15) is 0 Å². The van der Waals surface area contributed by atoms with Gasteiger partial charge in [-0.15, -0.1) is 0 Å². The average Bonchev–Trinajstić information content (AvgIpc) is 2.26. The van der Waals surface area contributed by atoms with Gasteiger partial charge in [-0.1, -0.05) is 49.7 Å². The van der Waals surface area contributed by atoms with Gasteiger partial charge in [0.25, 0.3) is 0 Å². The Bertz CT molecular complexity index is 206. The van der Waals surface area contributed by atoms with Gasteiger partial charge in [-0.05, 0) is 13.8 Å². The monoisotopic (exact) mass is 210 g/mol. The summed E-state index contributed by atoms with van der Waals surface area (Å²) in [6.07, 6.45) is 1.51. The molecule has 0 bridgehead atoms. The van der Waals surface area contributed by atoms with Crippen molar-refractivity contribution in [1.29, 1.82) is 0 Å². The lowest BCUT2D eigenvalue weighted by atomic mass is 10.2. The van der Waals surface area contributed by atoms with Crippen LogP contribution in [0.5, 0.6) is 0 Å². The first-order valence-corrected chi connectivity index (χ1v) is 4.46. The van der Waals surface area contributed by atoms with Gasteiger partial charge in [-0.25, -0.2) is 0 Å². The highest BCUT2D eigenvalue weighted by molar-refractivity contribution is 5.48. The van der Waals surface area contributed by atoms with Crippen molar-refractivity contribution in [2.75, 3.05) is 0 Å². The molecular weight excluding hydrogens is 188 g/mol. The van der Waals surface area contributed by atoms with Crippen LogP contribution in [0.1, 0.15) is 31.9 Å². The van der Waals surface area contributed by atoms with Crippen LogP contribution in [0.4, 0.5) is 0 Å². The first-order valence-electron chi connectivity index (χ1n) is 4.46. The van der Waals surface area contributed by atoms with Crippen LogP contribution in [-0.4, -0.2) is 13.1 Å². The highest BCUT2D eigenvalue weighted by Crippen LogP contribution is 1.99. The Balaban J connectivity index is -0.000000179. The molecule has 0 unspecified atom stereocenters. The maximum atomic E-state index is 9.17. The van der Waals surface area contributed by atoms with E-state index in [4.69, 9.17) is 4.79 Å². The topological polar surface area (TPSA) is 34.1 Å². The van der Waals surface area contributed by atoms with Gasteiger partial charge in [0.1, 0.15) is 13.1 Å². The van der Waals surface area contributed by atoms with E-state index in [1.165, 1.54) is 11.1 Å². The van der Waals surface area contributed by atoms with Crippen LogP contribution < -0.4 is 0 Å². The van der Waals surface area contributed by atoms with E-state index in [1.54, 1.807) is 0 Å². The highest BCUT2D eigenvalue weighted by Gasteiger charge is 1.79. The highest BCUT2D eigenvalue weighted by atomic mass is 16.1. The summed E-state index contributed by atoms with van der Waals surface area (Å²) >= 11 is 0. The maximum Gasteiger partial charge on any atom is 0.119 e.